The highest BCUT2D eigenvalue weighted by Gasteiger charge is 2.23. The van der Waals surface area contributed by atoms with Crippen molar-refractivity contribution in [1.29, 1.82) is 0 Å². The SMILES string of the molecule is Cc1cc(C)n(-c2cc(Nc3ccc(I)cc3Cl)c(C(=O)NOCC3CC3)cc2Br)n1. The molecule has 1 heterocycles. The summed E-state index contributed by atoms with van der Waals surface area (Å²) in [5, 5.41) is 8.45. The van der Waals surface area contributed by atoms with Crippen LogP contribution in [-0.2, 0) is 4.84 Å². The Kier molecular flexibility index (Phi) is 6.90. The molecule has 0 bridgehead atoms. The quantitative estimate of drug-likeness (QED) is 0.241. The number of carbonyl (C=O) groups excluding carboxylic acids is 1. The molecule has 3 aromatic rings. The number of rotatable bonds is 7. The molecule has 0 aliphatic heterocycles. The normalized spacial score (nSPS) is 13.3. The lowest BCUT2D eigenvalue weighted by Crippen LogP contribution is -2.25. The molecule has 162 valence electrons. The van der Waals surface area contributed by atoms with Crippen LogP contribution in [0, 0.1) is 23.3 Å². The summed E-state index contributed by atoms with van der Waals surface area (Å²) in [6.45, 7) is 4.46. The van der Waals surface area contributed by atoms with Crippen LogP contribution in [0.25, 0.3) is 5.69 Å². The monoisotopic (exact) mass is 614 g/mol. The molecule has 1 amide bonds. The molecule has 1 aliphatic rings. The van der Waals surface area contributed by atoms with Gasteiger partial charge >= 0.3 is 0 Å². The Morgan fingerprint density at radius 3 is 2.68 bits per heavy atom. The number of benzene rings is 2. The molecule has 1 fully saturated rings. The van der Waals surface area contributed by atoms with E-state index in [1.54, 1.807) is 6.07 Å². The van der Waals surface area contributed by atoms with Crippen LogP contribution >= 0.6 is 50.1 Å². The first kappa shape index (κ1) is 22.6. The van der Waals surface area contributed by atoms with Crippen molar-refractivity contribution in [3.05, 3.63) is 66.4 Å². The molecule has 4 rings (SSSR count). The van der Waals surface area contributed by atoms with Crippen LogP contribution < -0.4 is 10.8 Å². The summed E-state index contributed by atoms with van der Waals surface area (Å²) < 4.78 is 3.61. The van der Waals surface area contributed by atoms with Gasteiger partial charge in [0.25, 0.3) is 5.91 Å². The van der Waals surface area contributed by atoms with Gasteiger partial charge in [0.1, 0.15) is 0 Å². The van der Waals surface area contributed by atoms with Gasteiger partial charge in [-0.15, -0.1) is 0 Å². The number of aromatic nitrogens is 2. The number of amides is 1. The Bertz CT molecular complexity index is 1150. The highest BCUT2D eigenvalue weighted by atomic mass is 127. The van der Waals surface area contributed by atoms with E-state index < -0.39 is 0 Å². The van der Waals surface area contributed by atoms with Crippen LogP contribution in [0.3, 0.4) is 0 Å². The lowest BCUT2D eigenvalue weighted by atomic mass is 10.1. The van der Waals surface area contributed by atoms with Gasteiger partial charge in [-0.05, 0) is 108 Å². The summed E-state index contributed by atoms with van der Waals surface area (Å²) in [6.07, 6.45) is 2.30. The summed E-state index contributed by atoms with van der Waals surface area (Å²) in [4.78, 5) is 18.3. The molecule has 1 aliphatic carbocycles. The number of halogens is 3. The van der Waals surface area contributed by atoms with Crippen molar-refractivity contribution in [1.82, 2.24) is 15.3 Å². The molecule has 2 aromatic carbocycles. The predicted octanol–water partition coefficient (Wildman–Crippen LogP) is 6.32. The summed E-state index contributed by atoms with van der Waals surface area (Å²) >= 11 is 12.2. The molecule has 0 atom stereocenters. The van der Waals surface area contributed by atoms with Gasteiger partial charge in [0.05, 0.1) is 39.9 Å². The fourth-order valence-corrected chi connectivity index (χ4v) is 4.60. The maximum absolute atomic E-state index is 12.9. The second kappa shape index (κ2) is 9.48. The van der Waals surface area contributed by atoms with Gasteiger partial charge in [-0.1, -0.05) is 11.6 Å². The molecule has 0 radical (unpaired) electrons. The van der Waals surface area contributed by atoms with Gasteiger partial charge in [-0.25, -0.2) is 10.2 Å². The highest BCUT2D eigenvalue weighted by molar-refractivity contribution is 14.1. The molecular weight excluding hydrogens is 595 g/mol. The van der Waals surface area contributed by atoms with E-state index in [1.165, 1.54) is 0 Å². The number of aryl methyl sites for hydroxylation is 2. The molecule has 1 aromatic heterocycles. The third-order valence-corrected chi connectivity index (χ3v) is 6.57. The van der Waals surface area contributed by atoms with Crippen molar-refractivity contribution in [3.8, 4) is 5.69 Å². The molecule has 6 nitrogen and oxygen atoms in total. The Hall–Kier alpha value is -1.62. The third kappa shape index (κ3) is 5.42. The fourth-order valence-electron chi connectivity index (χ4n) is 3.19. The summed E-state index contributed by atoms with van der Waals surface area (Å²) in [5.41, 5.74) is 7.01. The Labute approximate surface area is 207 Å². The van der Waals surface area contributed by atoms with E-state index in [9.17, 15) is 4.79 Å². The predicted molar refractivity (Wildman–Crippen MR) is 134 cm³/mol. The highest BCUT2D eigenvalue weighted by Crippen LogP contribution is 2.34. The van der Waals surface area contributed by atoms with Gasteiger partial charge in [0.15, 0.2) is 0 Å². The number of hydrogen-bond acceptors (Lipinski definition) is 4. The van der Waals surface area contributed by atoms with Crippen molar-refractivity contribution in [2.45, 2.75) is 26.7 Å². The van der Waals surface area contributed by atoms with E-state index in [2.05, 4.69) is 54.4 Å². The van der Waals surface area contributed by atoms with E-state index in [1.807, 2.05) is 48.9 Å². The van der Waals surface area contributed by atoms with E-state index in [-0.39, 0.29) is 5.91 Å². The lowest BCUT2D eigenvalue weighted by molar-refractivity contribution is 0.0271. The van der Waals surface area contributed by atoms with E-state index in [4.69, 9.17) is 16.4 Å². The van der Waals surface area contributed by atoms with Gasteiger partial charge in [-0.2, -0.15) is 5.10 Å². The zero-order valence-corrected chi connectivity index (χ0v) is 21.5. The van der Waals surface area contributed by atoms with Crippen molar-refractivity contribution in [2.75, 3.05) is 11.9 Å². The van der Waals surface area contributed by atoms with Gasteiger partial charge < -0.3 is 5.32 Å². The van der Waals surface area contributed by atoms with Gasteiger partial charge in [0.2, 0.25) is 0 Å². The number of hydroxylamine groups is 1. The molecule has 9 heteroatoms. The molecule has 31 heavy (non-hydrogen) atoms. The van der Waals surface area contributed by atoms with E-state index >= 15 is 0 Å². The minimum Gasteiger partial charge on any atom is -0.354 e. The average Bonchev–Trinajstić information content (AvgIpc) is 3.47. The maximum Gasteiger partial charge on any atom is 0.276 e. The Balaban J connectivity index is 1.72. The Morgan fingerprint density at radius 1 is 1.26 bits per heavy atom. The van der Waals surface area contributed by atoms with Crippen LogP contribution in [0.5, 0.6) is 0 Å². The molecular formula is C22H21BrClIN4O2. The first-order chi connectivity index (χ1) is 14.8. The van der Waals surface area contributed by atoms with Crippen LogP contribution in [0.2, 0.25) is 5.02 Å². The van der Waals surface area contributed by atoms with E-state index in [0.29, 0.717) is 34.5 Å². The average molecular weight is 616 g/mol. The van der Waals surface area contributed by atoms with Gasteiger partial charge in [0, 0.05) is 13.7 Å². The Morgan fingerprint density at radius 2 is 2.03 bits per heavy atom. The zero-order chi connectivity index (χ0) is 22.1. The fraction of sp³-hybridized carbons (Fsp3) is 0.273. The van der Waals surface area contributed by atoms with E-state index in [0.717, 1.165) is 38.0 Å². The summed E-state index contributed by atoms with van der Waals surface area (Å²) in [7, 11) is 0. The standard InChI is InChI=1S/C22H21BrClIN4O2/c1-12-7-13(2)29(27-12)21-10-20(26-19-6-5-15(25)8-18(19)24)16(9-17(21)23)22(30)28-31-11-14-3-4-14/h5-10,14,26H,3-4,11H2,1-2H3,(H,28,30). The largest absolute Gasteiger partial charge is 0.354 e. The first-order valence-electron chi connectivity index (χ1n) is 9.83. The van der Waals surface area contributed by atoms with Gasteiger partial charge in [-0.3, -0.25) is 9.63 Å². The molecule has 0 unspecified atom stereocenters. The summed E-state index contributed by atoms with van der Waals surface area (Å²) in [5.74, 6) is 0.217. The molecule has 0 spiro atoms. The minimum absolute atomic E-state index is 0.328. The number of hydrogen-bond donors (Lipinski definition) is 2. The van der Waals surface area contributed by atoms with Crippen molar-refractivity contribution in [3.63, 3.8) is 0 Å². The molecule has 2 N–H and O–H groups in total. The second-order valence-corrected chi connectivity index (χ2v) is 10.1. The van der Waals surface area contributed by atoms with Crippen LogP contribution in [-0.4, -0.2) is 22.3 Å². The van der Waals surface area contributed by atoms with Crippen LogP contribution in [0.1, 0.15) is 34.6 Å². The number of anilines is 2. The van der Waals surface area contributed by atoms with Crippen molar-refractivity contribution < 1.29 is 9.63 Å². The topological polar surface area (TPSA) is 68.2 Å². The second-order valence-electron chi connectivity index (χ2n) is 7.62. The number of nitrogens with zero attached hydrogens (tertiary/aromatic N) is 2. The van der Waals surface area contributed by atoms with Crippen LogP contribution in [0.4, 0.5) is 11.4 Å². The summed E-state index contributed by atoms with van der Waals surface area (Å²) in [6, 6.07) is 11.4. The first-order valence-corrected chi connectivity index (χ1v) is 12.1. The number of carbonyl (C=O) groups is 1. The van der Waals surface area contributed by atoms with Crippen LogP contribution in [0.15, 0.2) is 40.9 Å². The number of nitrogens with one attached hydrogen (secondary N) is 2. The van der Waals surface area contributed by atoms with Crippen molar-refractivity contribution >= 4 is 67.4 Å². The van der Waals surface area contributed by atoms with Crippen molar-refractivity contribution in [2.24, 2.45) is 5.92 Å². The molecule has 0 saturated heterocycles. The smallest absolute Gasteiger partial charge is 0.276 e. The molecule has 1 saturated carbocycles. The third-order valence-electron chi connectivity index (χ3n) is 4.95. The minimum atomic E-state index is -0.328. The maximum atomic E-state index is 12.9. The lowest BCUT2D eigenvalue weighted by Gasteiger charge is -2.17. The zero-order valence-electron chi connectivity index (χ0n) is 17.0.